The maximum atomic E-state index is 11.7. The van der Waals surface area contributed by atoms with Crippen molar-refractivity contribution in [3.8, 4) is 5.75 Å². The molecule has 2 rings (SSSR count). The minimum absolute atomic E-state index is 0.551. The van der Waals surface area contributed by atoms with Gasteiger partial charge >= 0.3 is 5.97 Å². The van der Waals surface area contributed by atoms with E-state index in [0.717, 1.165) is 43.5 Å². The van der Waals surface area contributed by atoms with Crippen molar-refractivity contribution < 1.29 is 14.6 Å². The summed E-state index contributed by atoms with van der Waals surface area (Å²) in [5.74, 6) is 0.134. The molecule has 0 saturated heterocycles. The van der Waals surface area contributed by atoms with E-state index in [-0.39, 0.29) is 0 Å². The Morgan fingerprint density at radius 3 is 2.65 bits per heavy atom. The fraction of sp³-hybridized carbons (Fsp3) is 0.562. The predicted octanol–water partition coefficient (Wildman–Crippen LogP) is 3.17. The minimum atomic E-state index is -0.660. The summed E-state index contributed by atoms with van der Waals surface area (Å²) in [6.45, 7) is 0.551. The number of aliphatic carboxylic acids is 1. The number of benzene rings is 1. The Hall–Kier alpha value is -1.71. The molecule has 4 heteroatoms. The summed E-state index contributed by atoms with van der Waals surface area (Å²) in [6.07, 6.45) is 4.72. The highest BCUT2D eigenvalue weighted by atomic mass is 16.5. The van der Waals surface area contributed by atoms with Gasteiger partial charge in [0.15, 0.2) is 0 Å². The molecule has 0 aromatic heterocycles. The summed E-state index contributed by atoms with van der Waals surface area (Å²) in [5.41, 5.74) is 0.395. The first kappa shape index (κ1) is 14.7. The highest BCUT2D eigenvalue weighted by molar-refractivity contribution is 5.76. The number of carboxylic acids is 1. The van der Waals surface area contributed by atoms with Crippen LogP contribution < -0.4 is 9.64 Å². The lowest BCUT2D eigenvalue weighted by atomic mass is 9.73. The van der Waals surface area contributed by atoms with Crippen LogP contribution in [0.25, 0.3) is 0 Å². The van der Waals surface area contributed by atoms with Gasteiger partial charge in [0.1, 0.15) is 5.75 Å². The SMILES string of the molecule is COc1cccc(N(C)CC2(C(=O)O)CCCCC2)c1. The van der Waals surface area contributed by atoms with Crippen LogP contribution in [0.4, 0.5) is 5.69 Å². The summed E-state index contributed by atoms with van der Waals surface area (Å²) >= 11 is 0. The number of carboxylic acid groups (broad SMARTS) is 1. The average Bonchev–Trinajstić information content (AvgIpc) is 2.48. The van der Waals surface area contributed by atoms with Gasteiger partial charge in [0.25, 0.3) is 0 Å². The fourth-order valence-electron chi connectivity index (χ4n) is 3.06. The Morgan fingerprint density at radius 1 is 1.35 bits per heavy atom. The molecule has 0 radical (unpaired) electrons. The van der Waals surface area contributed by atoms with Gasteiger partial charge in [-0.2, -0.15) is 0 Å². The second-order valence-corrected chi connectivity index (χ2v) is 5.70. The van der Waals surface area contributed by atoms with E-state index in [1.807, 2.05) is 36.2 Å². The van der Waals surface area contributed by atoms with Gasteiger partial charge in [-0.3, -0.25) is 4.79 Å². The molecule has 1 aromatic carbocycles. The standard InChI is InChI=1S/C16H23NO3/c1-17(13-7-6-8-14(11-13)20-2)12-16(15(18)19)9-4-3-5-10-16/h6-8,11H,3-5,9-10,12H2,1-2H3,(H,18,19). The number of nitrogens with zero attached hydrogens (tertiary/aromatic N) is 1. The van der Waals surface area contributed by atoms with E-state index in [1.54, 1.807) is 7.11 Å². The molecular weight excluding hydrogens is 254 g/mol. The number of carbonyl (C=O) groups is 1. The normalized spacial score (nSPS) is 17.5. The first-order valence-corrected chi connectivity index (χ1v) is 7.16. The molecule has 0 atom stereocenters. The third kappa shape index (κ3) is 3.06. The zero-order valence-electron chi connectivity index (χ0n) is 12.3. The molecule has 0 spiro atoms. The molecule has 1 fully saturated rings. The lowest BCUT2D eigenvalue weighted by molar-refractivity contribution is -0.150. The maximum Gasteiger partial charge on any atom is 0.311 e. The molecule has 0 heterocycles. The Balaban J connectivity index is 2.15. The molecule has 110 valence electrons. The molecule has 0 aliphatic heterocycles. The van der Waals surface area contributed by atoms with Crippen LogP contribution in [0.1, 0.15) is 32.1 Å². The van der Waals surface area contributed by atoms with Crippen LogP contribution in [0.15, 0.2) is 24.3 Å². The number of rotatable bonds is 5. The van der Waals surface area contributed by atoms with Crippen molar-refractivity contribution in [1.29, 1.82) is 0 Å². The minimum Gasteiger partial charge on any atom is -0.497 e. The molecule has 1 aromatic rings. The zero-order chi connectivity index (χ0) is 14.6. The quantitative estimate of drug-likeness (QED) is 0.898. The number of hydrogen-bond acceptors (Lipinski definition) is 3. The van der Waals surface area contributed by atoms with E-state index < -0.39 is 11.4 Å². The van der Waals surface area contributed by atoms with Crippen molar-refractivity contribution in [2.24, 2.45) is 5.41 Å². The van der Waals surface area contributed by atoms with Gasteiger partial charge in [0.2, 0.25) is 0 Å². The van der Waals surface area contributed by atoms with E-state index in [1.165, 1.54) is 0 Å². The van der Waals surface area contributed by atoms with Gasteiger partial charge < -0.3 is 14.7 Å². The van der Waals surface area contributed by atoms with Gasteiger partial charge in [-0.05, 0) is 25.0 Å². The second kappa shape index (κ2) is 6.16. The van der Waals surface area contributed by atoms with Crippen molar-refractivity contribution in [2.75, 3.05) is 25.6 Å². The van der Waals surface area contributed by atoms with E-state index in [9.17, 15) is 9.90 Å². The lowest BCUT2D eigenvalue weighted by Gasteiger charge is -2.37. The third-order valence-corrected chi connectivity index (χ3v) is 4.30. The maximum absolute atomic E-state index is 11.7. The van der Waals surface area contributed by atoms with E-state index in [0.29, 0.717) is 6.54 Å². The van der Waals surface area contributed by atoms with Crippen molar-refractivity contribution in [3.63, 3.8) is 0 Å². The van der Waals surface area contributed by atoms with Crippen LogP contribution in [-0.2, 0) is 4.79 Å². The Labute approximate surface area is 120 Å². The van der Waals surface area contributed by atoms with Crippen LogP contribution in [0.2, 0.25) is 0 Å². The zero-order valence-corrected chi connectivity index (χ0v) is 12.3. The smallest absolute Gasteiger partial charge is 0.311 e. The first-order chi connectivity index (χ1) is 9.57. The number of ether oxygens (including phenoxy) is 1. The molecule has 1 aliphatic carbocycles. The average molecular weight is 277 g/mol. The second-order valence-electron chi connectivity index (χ2n) is 5.70. The summed E-state index contributed by atoms with van der Waals surface area (Å²) in [4.78, 5) is 13.7. The van der Waals surface area contributed by atoms with Crippen molar-refractivity contribution in [1.82, 2.24) is 0 Å². The largest absolute Gasteiger partial charge is 0.497 e. The molecule has 1 saturated carbocycles. The van der Waals surface area contributed by atoms with Crippen molar-refractivity contribution >= 4 is 11.7 Å². The topological polar surface area (TPSA) is 49.8 Å². The highest BCUT2D eigenvalue weighted by Gasteiger charge is 2.40. The summed E-state index contributed by atoms with van der Waals surface area (Å²) in [6, 6.07) is 7.75. The molecule has 1 aliphatic rings. The predicted molar refractivity (Wildman–Crippen MR) is 79.4 cm³/mol. The monoisotopic (exact) mass is 277 g/mol. The van der Waals surface area contributed by atoms with Crippen LogP contribution in [0.3, 0.4) is 0 Å². The number of anilines is 1. The van der Waals surface area contributed by atoms with Crippen LogP contribution >= 0.6 is 0 Å². The van der Waals surface area contributed by atoms with Gasteiger partial charge in [-0.1, -0.05) is 25.3 Å². The molecule has 0 bridgehead atoms. The molecule has 1 N–H and O–H groups in total. The Kier molecular flexibility index (Phi) is 4.53. The Morgan fingerprint density at radius 2 is 2.05 bits per heavy atom. The molecule has 0 amide bonds. The number of methoxy groups -OCH3 is 1. The Bertz CT molecular complexity index is 467. The van der Waals surface area contributed by atoms with Crippen LogP contribution in [-0.4, -0.2) is 31.8 Å². The number of hydrogen-bond donors (Lipinski definition) is 1. The van der Waals surface area contributed by atoms with Crippen molar-refractivity contribution in [2.45, 2.75) is 32.1 Å². The summed E-state index contributed by atoms with van der Waals surface area (Å²) < 4.78 is 5.22. The summed E-state index contributed by atoms with van der Waals surface area (Å²) in [5, 5.41) is 9.63. The molecule has 0 unspecified atom stereocenters. The molecular formula is C16H23NO3. The van der Waals surface area contributed by atoms with Gasteiger partial charge in [0, 0.05) is 25.3 Å². The van der Waals surface area contributed by atoms with Gasteiger partial charge in [0.05, 0.1) is 12.5 Å². The molecule has 4 nitrogen and oxygen atoms in total. The van der Waals surface area contributed by atoms with Crippen LogP contribution in [0, 0.1) is 5.41 Å². The van der Waals surface area contributed by atoms with Crippen LogP contribution in [0.5, 0.6) is 5.75 Å². The van der Waals surface area contributed by atoms with E-state index >= 15 is 0 Å². The third-order valence-electron chi connectivity index (χ3n) is 4.30. The lowest BCUT2D eigenvalue weighted by Crippen LogP contribution is -2.43. The van der Waals surface area contributed by atoms with E-state index in [2.05, 4.69) is 0 Å². The molecule has 20 heavy (non-hydrogen) atoms. The van der Waals surface area contributed by atoms with Gasteiger partial charge in [-0.15, -0.1) is 0 Å². The van der Waals surface area contributed by atoms with E-state index in [4.69, 9.17) is 4.74 Å². The fourth-order valence-corrected chi connectivity index (χ4v) is 3.06. The first-order valence-electron chi connectivity index (χ1n) is 7.16. The van der Waals surface area contributed by atoms with Gasteiger partial charge in [-0.25, -0.2) is 0 Å². The van der Waals surface area contributed by atoms with Crippen molar-refractivity contribution in [3.05, 3.63) is 24.3 Å². The summed E-state index contributed by atoms with van der Waals surface area (Å²) in [7, 11) is 3.59. The highest BCUT2D eigenvalue weighted by Crippen LogP contribution is 2.38.